The Hall–Kier alpha value is -2.42. The van der Waals surface area contributed by atoms with Crippen molar-refractivity contribution in [3.05, 3.63) is 35.2 Å². The number of halogens is 2. The summed E-state index contributed by atoms with van der Waals surface area (Å²) >= 11 is 7.96. The fraction of sp³-hybridized carbons (Fsp3) is 0.300. The van der Waals surface area contributed by atoms with E-state index in [2.05, 4.69) is 19.7 Å². The molecular formula is C20H19ClFN5OS. The molecule has 1 N–H and O–H groups in total. The van der Waals surface area contributed by atoms with Crippen LogP contribution < -0.4 is 15.0 Å². The van der Waals surface area contributed by atoms with Crippen molar-refractivity contribution in [2.45, 2.75) is 0 Å². The minimum Gasteiger partial charge on any atom is -0.497 e. The molecule has 0 spiro atoms. The molecule has 1 aliphatic heterocycles. The Morgan fingerprint density at radius 1 is 1.21 bits per heavy atom. The molecular weight excluding hydrogens is 413 g/mol. The minimum absolute atomic E-state index is 0.305. The highest BCUT2D eigenvalue weighted by Gasteiger charge is 2.24. The summed E-state index contributed by atoms with van der Waals surface area (Å²) in [5.74, 6) is 0.196. The number of nitrogens with one attached hydrogen (secondary N) is 1. The van der Waals surface area contributed by atoms with E-state index in [0.29, 0.717) is 32.9 Å². The van der Waals surface area contributed by atoms with E-state index in [-0.39, 0.29) is 0 Å². The number of methoxy groups -OCH3 is 1. The largest absolute Gasteiger partial charge is 0.497 e. The zero-order valence-corrected chi connectivity index (χ0v) is 17.6. The maximum atomic E-state index is 15.7. The molecule has 0 amide bonds. The third-order valence-electron chi connectivity index (χ3n) is 5.25. The van der Waals surface area contributed by atoms with Crippen LogP contribution in [-0.4, -0.2) is 47.4 Å². The Kier molecular flexibility index (Phi) is 4.57. The van der Waals surface area contributed by atoms with Gasteiger partial charge in [-0.05, 0) is 29.7 Å². The average molecular weight is 432 g/mol. The van der Waals surface area contributed by atoms with Crippen molar-refractivity contribution in [1.82, 2.24) is 19.5 Å². The maximum absolute atomic E-state index is 15.7. The molecule has 150 valence electrons. The van der Waals surface area contributed by atoms with Crippen molar-refractivity contribution in [1.29, 1.82) is 0 Å². The average Bonchev–Trinajstić information content (AvgIpc) is 3.31. The molecule has 0 bridgehead atoms. The van der Waals surface area contributed by atoms with E-state index < -0.39 is 5.82 Å². The van der Waals surface area contributed by atoms with Crippen molar-refractivity contribution < 1.29 is 9.13 Å². The van der Waals surface area contributed by atoms with Crippen molar-refractivity contribution in [3.8, 4) is 16.9 Å². The summed E-state index contributed by atoms with van der Waals surface area (Å²) in [7, 11) is 3.42. The molecule has 4 aromatic rings. The first-order valence-corrected chi connectivity index (χ1v) is 10.5. The molecule has 2 aromatic carbocycles. The number of nitrogens with zero attached hydrogens (tertiary/aromatic N) is 4. The molecule has 0 aliphatic carbocycles. The van der Waals surface area contributed by atoms with Crippen LogP contribution in [0.25, 0.3) is 32.9 Å². The van der Waals surface area contributed by atoms with Gasteiger partial charge < -0.3 is 15.0 Å². The SMILES string of the molecule is COc1cc(-c2c(Cl)cc3c(N4CCNCC4)snc3c2F)c2nn(C)cc2c1. The zero-order chi connectivity index (χ0) is 20.1. The lowest BCUT2D eigenvalue weighted by Crippen LogP contribution is -2.43. The molecule has 6 nitrogen and oxygen atoms in total. The molecule has 3 heterocycles. The third kappa shape index (κ3) is 3.02. The number of ether oxygens (including phenoxy) is 1. The molecule has 1 fully saturated rings. The molecule has 1 aliphatic rings. The van der Waals surface area contributed by atoms with Gasteiger partial charge in [-0.25, -0.2) is 4.39 Å². The van der Waals surface area contributed by atoms with Gasteiger partial charge in [-0.15, -0.1) is 0 Å². The topological polar surface area (TPSA) is 55.2 Å². The number of piperazine rings is 1. The summed E-state index contributed by atoms with van der Waals surface area (Å²) < 4.78 is 27.3. The van der Waals surface area contributed by atoms with Gasteiger partial charge in [0, 0.05) is 61.3 Å². The number of hydrogen-bond donors (Lipinski definition) is 1. The van der Waals surface area contributed by atoms with Gasteiger partial charge in [-0.2, -0.15) is 9.47 Å². The highest BCUT2D eigenvalue weighted by Crippen LogP contribution is 2.43. The molecule has 0 saturated carbocycles. The smallest absolute Gasteiger partial charge is 0.159 e. The Labute approximate surface area is 176 Å². The predicted octanol–water partition coefficient (Wildman–Crippen LogP) is 4.06. The standard InChI is InChI=1S/C20H19ClFN5OS/c1-26-10-11-7-12(28-2)8-13(18(11)24-26)16-15(21)9-14-19(17(16)22)25-29-20(14)27-5-3-23-4-6-27/h7-10,23H,3-6H2,1-2H3. The van der Waals surface area contributed by atoms with E-state index in [1.807, 2.05) is 25.4 Å². The lowest BCUT2D eigenvalue weighted by atomic mass is 10.00. The minimum atomic E-state index is -0.426. The molecule has 0 radical (unpaired) electrons. The van der Waals surface area contributed by atoms with Crippen LogP contribution in [0.1, 0.15) is 0 Å². The molecule has 1 saturated heterocycles. The van der Waals surface area contributed by atoms with Gasteiger partial charge in [0.05, 0.1) is 12.1 Å². The second-order valence-corrected chi connectivity index (χ2v) is 8.24. The lowest BCUT2D eigenvalue weighted by molar-refractivity contribution is 0.415. The molecule has 0 unspecified atom stereocenters. The highest BCUT2D eigenvalue weighted by molar-refractivity contribution is 7.11. The number of aromatic nitrogens is 3. The van der Waals surface area contributed by atoms with Crippen LogP contribution in [0.15, 0.2) is 24.4 Å². The van der Waals surface area contributed by atoms with Crippen LogP contribution >= 0.6 is 23.1 Å². The van der Waals surface area contributed by atoms with Crippen molar-refractivity contribution in [2.24, 2.45) is 7.05 Å². The monoisotopic (exact) mass is 431 g/mol. The van der Waals surface area contributed by atoms with Crippen molar-refractivity contribution >= 4 is 49.9 Å². The van der Waals surface area contributed by atoms with Crippen LogP contribution in [0.3, 0.4) is 0 Å². The van der Waals surface area contributed by atoms with Crippen LogP contribution in [0.5, 0.6) is 5.75 Å². The van der Waals surface area contributed by atoms with Gasteiger partial charge in [0.1, 0.15) is 21.8 Å². The molecule has 2 aromatic heterocycles. The second-order valence-electron chi connectivity index (χ2n) is 7.08. The van der Waals surface area contributed by atoms with E-state index in [9.17, 15) is 0 Å². The Balaban J connectivity index is 1.73. The van der Waals surface area contributed by atoms with Gasteiger partial charge in [-0.3, -0.25) is 4.68 Å². The van der Waals surface area contributed by atoms with Crippen molar-refractivity contribution in [3.63, 3.8) is 0 Å². The highest BCUT2D eigenvalue weighted by atomic mass is 35.5. The van der Waals surface area contributed by atoms with Gasteiger partial charge in [0.15, 0.2) is 5.82 Å². The predicted molar refractivity (Wildman–Crippen MR) is 116 cm³/mol. The zero-order valence-electron chi connectivity index (χ0n) is 16.0. The van der Waals surface area contributed by atoms with Gasteiger partial charge in [0.25, 0.3) is 0 Å². The summed E-state index contributed by atoms with van der Waals surface area (Å²) in [6.07, 6.45) is 1.87. The number of benzene rings is 2. The molecule has 0 atom stereocenters. The van der Waals surface area contributed by atoms with Crippen LogP contribution in [0, 0.1) is 5.82 Å². The normalized spacial score (nSPS) is 14.8. The van der Waals surface area contributed by atoms with E-state index in [1.165, 1.54) is 11.5 Å². The number of rotatable bonds is 3. The lowest BCUT2D eigenvalue weighted by Gasteiger charge is -2.28. The van der Waals surface area contributed by atoms with E-state index in [1.54, 1.807) is 17.9 Å². The van der Waals surface area contributed by atoms with Crippen molar-refractivity contribution in [2.75, 3.05) is 38.2 Å². The number of fused-ring (bicyclic) bond motifs is 2. The van der Waals surface area contributed by atoms with E-state index in [4.69, 9.17) is 16.3 Å². The number of aryl methyl sites for hydroxylation is 1. The Morgan fingerprint density at radius 3 is 2.76 bits per heavy atom. The summed E-state index contributed by atoms with van der Waals surface area (Å²) in [6, 6.07) is 5.47. The first-order chi connectivity index (χ1) is 14.1. The molecule has 5 rings (SSSR count). The fourth-order valence-electron chi connectivity index (χ4n) is 3.88. The quantitative estimate of drug-likeness (QED) is 0.530. The fourth-order valence-corrected chi connectivity index (χ4v) is 5.08. The van der Waals surface area contributed by atoms with Gasteiger partial charge in [0.2, 0.25) is 0 Å². The third-order valence-corrected chi connectivity index (χ3v) is 6.48. The summed E-state index contributed by atoms with van der Waals surface area (Å²) in [4.78, 5) is 2.23. The van der Waals surface area contributed by atoms with Gasteiger partial charge in [-0.1, -0.05) is 11.6 Å². The Bertz CT molecular complexity index is 1230. The van der Waals surface area contributed by atoms with E-state index in [0.717, 1.165) is 42.0 Å². The number of anilines is 1. The summed E-state index contributed by atoms with van der Waals surface area (Å²) in [5, 5.41) is 10.8. The first kappa shape index (κ1) is 18.6. The molecule has 9 heteroatoms. The number of hydrogen-bond acceptors (Lipinski definition) is 6. The van der Waals surface area contributed by atoms with Crippen LogP contribution in [0.4, 0.5) is 9.39 Å². The Morgan fingerprint density at radius 2 is 2.00 bits per heavy atom. The van der Waals surface area contributed by atoms with Crippen LogP contribution in [-0.2, 0) is 7.05 Å². The molecule has 29 heavy (non-hydrogen) atoms. The second kappa shape index (κ2) is 7.12. The van der Waals surface area contributed by atoms with Crippen LogP contribution in [0.2, 0.25) is 5.02 Å². The summed E-state index contributed by atoms with van der Waals surface area (Å²) in [5.41, 5.74) is 1.92. The van der Waals surface area contributed by atoms with E-state index >= 15 is 4.39 Å². The summed E-state index contributed by atoms with van der Waals surface area (Å²) in [6.45, 7) is 3.52. The maximum Gasteiger partial charge on any atom is 0.159 e. The first-order valence-electron chi connectivity index (χ1n) is 9.31. The van der Waals surface area contributed by atoms with Gasteiger partial charge >= 0.3 is 0 Å².